The number of amides is 1. The highest BCUT2D eigenvalue weighted by Crippen LogP contribution is 2.26. The van der Waals surface area contributed by atoms with E-state index >= 15 is 0 Å². The Morgan fingerprint density at radius 2 is 2.17 bits per heavy atom. The molecule has 8 heteroatoms. The molecule has 0 aliphatic carbocycles. The number of nitrogens with one attached hydrogen (secondary N) is 2. The Morgan fingerprint density at radius 3 is 2.57 bits per heavy atom. The molecule has 1 amide bonds. The van der Waals surface area contributed by atoms with E-state index in [1.807, 2.05) is 6.92 Å². The molecule has 2 aliphatic rings. The average Bonchev–Trinajstić information content (AvgIpc) is 2.80. The fourth-order valence-corrected chi connectivity index (χ4v) is 2.46. The van der Waals surface area contributed by atoms with Gasteiger partial charge in [0.1, 0.15) is 11.3 Å². The van der Waals surface area contributed by atoms with Crippen LogP contribution in [0.25, 0.3) is 0 Å². The first-order chi connectivity index (χ1) is 10.7. The number of aliphatic carboxylic acids is 1. The predicted molar refractivity (Wildman–Crippen MR) is 82.3 cm³/mol. The molecule has 0 spiro atoms. The van der Waals surface area contributed by atoms with Crippen LogP contribution in [0.3, 0.4) is 0 Å². The third-order valence-electron chi connectivity index (χ3n) is 3.79. The van der Waals surface area contributed by atoms with Crippen molar-refractivity contribution in [3.05, 3.63) is 11.9 Å². The highest BCUT2D eigenvalue weighted by molar-refractivity contribution is 5.86. The molecule has 2 rings (SSSR count). The van der Waals surface area contributed by atoms with Gasteiger partial charge in [-0.05, 0) is 27.2 Å². The van der Waals surface area contributed by atoms with Crippen LogP contribution >= 0.6 is 0 Å². The van der Waals surface area contributed by atoms with Gasteiger partial charge in [-0.25, -0.2) is 9.59 Å². The van der Waals surface area contributed by atoms with Gasteiger partial charge in [-0.3, -0.25) is 4.90 Å². The van der Waals surface area contributed by atoms with Crippen molar-refractivity contribution in [2.45, 2.75) is 58.0 Å². The summed E-state index contributed by atoms with van der Waals surface area (Å²) in [5, 5.41) is 15.0. The first-order valence-corrected chi connectivity index (χ1v) is 7.78. The highest BCUT2D eigenvalue weighted by Gasteiger charge is 2.45. The molecule has 1 saturated heterocycles. The van der Waals surface area contributed by atoms with Crippen LogP contribution in [-0.2, 0) is 14.3 Å². The minimum Gasteiger partial charge on any atom is -0.477 e. The molecule has 23 heavy (non-hydrogen) atoms. The lowest BCUT2D eigenvalue weighted by molar-refractivity contribution is -0.133. The lowest BCUT2D eigenvalue weighted by atomic mass is 10.1. The highest BCUT2D eigenvalue weighted by atomic mass is 16.6. The summed E-state index contributed by atoms with van der Waals surface area (Å²) >= 11 is 0. The largest absolute Gasteiger partial charge is 0.477 e. The summed E-state index contributed by atoms with van der Waals surface area (Å²) in [6.07, 6.45) is 2.09. The summed E-state index contributed by atoms with van der Waals surface area (Å²) in [5.74, 6) is -2.12. The maximum atomic E-state index is 12.7. The van der Waals surface area contributed by atoms with Crippen LogP contribution in [0.2, 0.25) is 0 Å². The molecule has 2 aliphatic heterocycles. The number of carboxylic acid groups (broad SMARTS) is 1. The van der Waals surface area contributed by atoms with Gasteiger partial charge in [0, 0.05) is 19.2 Å². The number of carboxylic acids is 1. The van der Waals surface area contributed by atoms with E-state index in [0.29, 0.717) is 19.6 Å². The summed E-state index contributed by atoms with van der Waals surface area (Å²) < 4.78 is 10.9. The second kappa shape index (κ2) is 6.27. The fraction of sp³-hybridized carbons (Fsp3) is 0.733. The standard InChI is InChI=1S/C15H25N3O5/c1-5-15(16-8-11(17-15)12(19)20)18(9-10-6-7-22-10)13(21)23-14(2,3)4/h8,10,16-17H,5-7,9H2,1-4H3,(H,19,20). The summed E-state index contributed by atoms with van der Waals surface area (Å²) in [5.41, 5.74) is -0.637. The smallest absolute Gasteiger partial charge is 0.413 e. The normalized spacial score (nSPS) is 26.4. The van der Waals surface area contributed by atoms with Crippen molar-refractivity contribution in [1.29, 1.82) is 0 Å². The molecule has 8 nitrogen and oxygen atoms in total. The zero-order chi connectivity index (χ0) is 17.3. The topological polar surface area (TPSA) is 100 Å². The number of ether oxygens (including phenoxy) is 2. The maximum Gasteiger partial charge on any atom is 0.413 e. The third-order valence-corrected chi connectivity index (χ3v) is 3.79. The number of hydrogen-bond acceptors (Lipinski definition) is 6. The van der Waals surface area contributed by atoms with E-state index in [-0.39, 0.29) is 11.8 Å². The van der Waals surface area contributed by atoms with E-state index in [1.54, 1.807) is 20.8 Å². The number of hydrogen-bond donors (Lipinski definition) is 3. The molecule has 2 atom stereocenters. The van der Waals surface area contributed by atoms with Crippen LogP contribution in [0.5, 0.6) is 0 Å². The van der Waals surface area contributed by atoms with Crippen LogP contribution in [-0.4, -0.2) is 52.7 Å². The second-order valence-corrected chi connectivity index (χ2v) is 6.72. The van der Waals surface area contributed by atoms with Gasteiger partial charge in [0.15, 0.2) is 5.79 Å². The summed E-state index contributed by atoms with van der Waals surface area (Å²) in [7, 11) is 0. The Kier molecular flexibility index (Phi) is 4.74. The van der Waals surface area contributed by atoms with E-state index < -0.39 is 23.5 Å². The van der Waals surface area contributed by atoms with Crippen LogP contribution < -0.4 is 10.6 Å². The van der Waals surface area contributed by atoms with E-state index in [4.69, 9.17) is 14.6 Å². The molecule has 1 fully saturated rings. The second-order valence-electron chi connectivity index (χ2n) is 6.72. The van der Waals surface area contributed by atoms with Gasteiger partial charge in [-0.1, -0.05) is 6.92 Å². The Hall–Kier alpha value is -1.96. The molecule has 0 bridgehead atoms. The average molecular weight is 327 g/mol. The number of carbonyl (C=O) groups is 2. The summed E-state index contributed by atoms with van der Waals surface area (Å²) in [6, 6.07) is 0. The molecule has 2 heterocycles. The van der Waals surface area contributed by atoms with E-state index in [1.165, 1.54) is 11.1 Å². The zero-order valence-corrected chi connectivity index (χ0v) is 14.0. The summed E-state index contributed by atoms with van der Waals surface area (Å²) in [4.78, 5) is 25.3. The van der Waals surface area contributed by atoms with Gasteiger partial charge in [0.05, 0.1) is 12.6 Å². The van der Waals surface area contributed by atoms with Crippen molar-refractivity contribution in [2.75, 3.05) is 13.2 Å². The van der Waals surface area contributed by atoms with Gasteiger partial charge < -0.3 is 25.2 Å². The van der Waals surface area contributed by atoms with Crippen molar-refractivity contribution in [2.24, 2.45) is 0 Å². The molecule has 130 valence electrons. The Balaban J connectivity index is 2.20. The Labute approximate surface area is 135 Å². The van der Waals surface area contributed by atoms with Crippen LogP contribution in [0.4, 0.5) is 4.79 Å². The van der Waals surface area contributed by atoms with E-state index in [9.17, 15) is 9.59 Å². The number of carbonyl (C=O) groups excluding carboxylic acids is 1. The Morgan fingerprint density at radius 1 is 1.52 bits per heavy atom. The summed E-state index contributed by atoms with van der Waals surface area (Å²) in [6.45, 7) is 8.22. The molecule has 3 N–H and O–H groups in total. The first-order valence-electron chi connectivity index (χ1n) is 7.78. The molecule has 0 aromatic rings. The zero-order valence-electron chi connectivity index (χ0n) is 14.0. The number of nitrogens with zero attached hydrogens (tertiary/aromatic N) is 1. The monoisotopic (exact) mass is 327 g/mol. The van der Waals surface area contributed by atoms with Crippen LogP contribution in [0, 0.1) is 0 Å². The van der Waals surface area contributed by atoms with Crippen LogP contribution in [0.1, 0.15) is 40.5 Å². The quantitative estimate of drug-likeness (QED) is 0.697. The first kappa shape index (κ1) is 17.4. The fourth-order valence-electron chi connectivity index (χ4n) is 2.46. The molecule has 0 aromatic heterocycles. The third kappa shape index (κ3) is 3.87. The van der Waals surface area contributed by atoms with Crippen molar-refractivity contribution in [1.82, 2.24) is 15.5 Å². The van der Waals surface area contributed by atoms with Crippen molar-refractivity contribution in [3.8, 4) is 0 Å². The minimum atomic E-state index is -1.09. The number of rotatable bonds is 5. The van der Waals surface area contributed by atoms with Gasteiger partial charge in [-0.2, -0.15) is 0 Å². The predicted octanol–water partition coefficient (Wildman–Crippen LogP) is 1.20. The minimum absolute atomic E-state index is 0.00920. The van der Waals surface area contributed by atoms with E-state index in [0.717, 1.165) is 6.42 Å². The molecular formula is C15H25N3O5. The van der Waals surface area contributed by atoms with Crippen molar-refractivity contribution in [3.63, 3.8) is 0 Å². The molecule has 0 radical (unpaired) electrons. The molecular weight excluding hydrogens is 302 g/mol. The van der Waals surface area contributed by atoms with Crippen molar-refractivity contribution >= 4 is 12.1 Å². The van der Waals surface area contributed by atoms with Crippen LogP contribution in [0.15, 0.2) is 11.9 Å². The van der Waals surface area contributed by atoms with Crippen molar-refractivity contribution < 1.29 is 24.2 Å². The van der Waals surface area contributed by atoms with Gasteiger partial charge >= 0.3 is 12.1 Å². The Bertz CT molecular complexity index is 510. The maximum absolute atomic E-state index is 12.7. The van der Waals surface area contributed by atoms with Gasteiger partial charge in [0.2, 0.25) is 0 Å². The molecule has 0 saturated carbocycles. The molecule has 0 aromatic carbocycles. The van der Waals surface area contributed by atoms with Gasteiger partial charge in [0.25, 0.3) is 0 Å². The molecule has 2 unspecified atom stereocenters. The lowest BCUT2D eigenvalue weighted by Gasteiger charge is -2.44. The lowest BCUT2D eigenvalue weighted by Crippen LogP contribution is -2.67. The SMILES string of the molecule is CCC1(N(CC2CCO2)C(=O)OC(C)(C)C)NC=C(C(=O)O)N1. The van der Waals surface area contributed by atoms with Gasteiger partial charge in [-0.15, -0.1) is 0 Å². The van der Waals surface area contributed by atoms with E-state index in [2.05, 4.69) is 10.6 Å².